The Bertz CT molecular complexity index is 1440. The molecule has 10 heteroatoms. The molecule has 3 N–H and O–H groups in total. The van der Waals surface area contributed by atoms with Gasteiger partial charge in [0.05, 0.1) is 29.8 Å². The van der Waals surface area contributed by atoms with Gasteiger partial charge in [-0.25, -0.2) is 24.4 Å². The molecule has 3 aromatic heterocycles. The summed E-state index contributed by atoms with van der Waals surface area (Å²) in [5.74, 6) is 2.55. The number of hydrogen-bond donors (Lipinski definition) is 2. The minimum absolute atomic E-state index is 0.117. The Kier molecular flexibility index (Phi) is 5.81. The molecular formula is C25H22N8O2. The summed E-state index contributed by atoms with van der Waals surface area (Å²) in [5.41, 5.74) is 9.98. The minimum Gasteiger partial charge on any atom is -0.480 e. The molecule has 4 heterocycles. The third-order valence-electron chi connectivity index (χ3n) is 5.82. The summed E-state index contributed by atoms with van der Waals surface area (Å²) < 4.78 is 1.65. The van der Waals surface area contributed by atoms with Crippen molar-refractivity contribution in [3.05, 3.63) is 66.0 Å². The molecule has 1 aliphatic heterocycles. The first-order chi connectivity index (χ1) is 17.0. The molecule has 0 bridgehead atoms. The fraction of sp³-hybridized carbons (Fsp3) is 0.200. The van der Waals surface area contributed by atoms with Crippen molar-refractivity contribution in [2.24, 2.45) is 0 Å². The van der Waals surface area contributed by atoms with Gasteiger partial charge in [-0.2, -0.15) is 0 Å². The van der Waals surface area contributed by atoms with E-state index in [1.807, 2.05) is 47.4 Å². The van der Waals surface area contributed by atoms with Crippen molar-refractivity contribution in [2.45, 2.75) is 25.4 Å². The van der Waals surface area contributed by atoms with Gasteiger partial charge in [-0.15, -0.1) is 11.5 Å². The summed E-state index contributed by atoms with van der Waals surface area (Å²) in [4.78, 5) is 26.7. The Morgan fingerprint density at radius 1 is 1.11 bits per heavy atom. The lowest BCUT2D eigenvalue weighted by Gasteiger charge is -2.22. The van der Waals surface area contributed by atoms with E-state index in [9.17, 15) is 9.90 Å². The van der Waals surface area contributed by atoms with Crippen LogP contribution >= 0.6 is 0 Å². The van der Waals surface area contributed by atoms with Crippen LogP contribution in [-0.4, -0.2) is 53.6 Å². The number of carboxylic acids is 1. The summed E-state index contributed by atoms with van der Waals surface area (Å²) in [5, 5.41) is 17.9. The highest BCUT2D eigenvalue weighted by Crippen LogP contribution is 2.26. The van der Waals surface area contributed by atoms with Crippen LogP contribution in [-0.2, 0) is 11.3 Å². The van der Waals surface area contributed by atoms with Crippen LogP contribution in [0.3, 0.4) is 0 Å². The molecule has 1 atom stereocenters. The maximum Gasteiger partial charge on any atom is 0.326 e. The van der Waals surface area contributed by atoms with Gasteiger partial charge in [0, 0.05) is 17.7 Å². The monoisotopic (exact) mass is 466 g/mol. The van der Waals surface area contributed by atoms with Gasteiger partial charge in [0.25, 0.3) is 0 Å². The van der Waals surface area contributed by atoms with Crippen molar-refractivity contribution in [2.75, 3.05) is 17.2 Å². The highest BCUT2D eigenvalue weighted by atomic mass is 16.4. The minimum atomic E-state index is -0.829. The van der Waals surface area contributed by atoms with Gasteiger partial charge in [0.1, 0.15) is 17.6 Å². The van der Waals surface area contributed by atoms with E-state index in [1.54, 1.807) is 16.9 Å². The smallest absolute Gasteiger partial charge is 0.326 e. The van der Waals surface area contributed by atoms with E-state index < -0.39 is 12.0 Å². The van der Waals surface area contributed by atoms with Crippen LogP contribution in [0, 0.1) is 12.3 Å². The number of aliphatic carboxylic acids is 1. The fourth-order valence-electron chi connectivity index (χ4n) is 4.18. The van der Waals surface area contributed by atoms with Crippen molar-refractivity contribution in [1.29, 1.82) is 0 Å². The maximum absolute atomic E-state index is 11.5. The summed E-state index contributed by atoms with van der Waals surface area (Å²) in [7, 11) is 0. The van der Waals surface area contributed by atoms with E-state index in [0.29, 0.717) is 42.4 Å². The number of nitrogens with zero attached hydrogens (tertiary/aromatic N) is 7. The van der Waals surface area contributed by atoms with Gasteiger partial charge < -0.3 is 15.7 Å². The third kappa shape index (κ3) is 4.65. The molecule has 0 spiro atoms. The van der Waals surface area contributed by atoms with Crippen LogP contribution in [0.4, 0.5) is 11.8 Å². The van der Waals surface area contributed by atoms with E-state index in [-0.39, 0.29) is 5.95 Å². The maximum atomic E-state index is 11.5. The second-order valence-corrected chi connectivity index (χ2v) is 8.20. The van der Waals surface area contributed by atoms with Crippen molar-refractivity contribution < 1.29 is 9.90 Å². The Hall–Kier alpha value is -4.78. The largest absolute Gasteiger partial charge is 0.480 e. The lowest BCUT2D eigenvalue weighted by molar-refractivity contribution is -0.138. The molecule has 0 saturated carbocycles. The average molecular weight is 467 g/mol. The van der Waals surface area contributed by atoms with Crippen LogP contribution in [0.15, 0.2) is 54.7 Å². The highest BCUT2D eigenvalue weighted by molar-refractivity contribution is 5.78. The Morgan fingerprint density at radius 2 is 1.94 bits per heavy atom. The van der Waals surface area contributed by atoms with Gasteiger partial charge in [-0.1, -0.05) is 29.3 Å². The number of nitrogen functional groups attached to an aromatic ring is 1. The van der Waals surface area contributed by atoms with Crippen molar-refractivity contribution in [3.63, 3.8) is 0 Å². The molecule has 1 saturated heterocycles. The van der Waals surface area contributed by atoms with Crippen LogP contribution in [0.1, 0.15) is 24.1 Å². The standard InChI is InChI=1S/C25H22N8O2/c1-2-16-6-3-7-17(12-16)19-13-20(29-25(26)28-19)21-15-32(31-30-21)14-18-8-4-10-23(27-18)33-11-5-9-22(33)24(34)35/h1,3-4,6-8,10,12-13,15,22H,5,9,11,14H2,(H,34,35)(H2,26,28,29)/t22-/m1/s1. The molecule has 174 valence electrons. The molecule has 10 nitrogen and oxygen atoms in total. The molecule has 1 fully saturated rings. The average Bonchev–Trinajstić information content (AvgIpc) is 3.54. The lowest BCUT2D eigenvalue weighted by atomic mass is 10.1. The SMILES string of the molecule is C#Cc1cccc(-c2cc(-c3cn(Cc4cccc(N5CCC[C@@H]5C(=O)O)n4)nn3)nc(N)n2)c1. The molecular weight excluding hydrogens is 444 g/mol. The summed E-state index contributed by atoms with van der Waals surface area (Å²) >= 11 is 0. The number of carboxylic acid groups (broad SMARTS) is 1. The molecule has 4 aromatic rings. The third-order valence-corrected chi connectivity index (χ3v) is 5.82. The quantitative estimate of drug-likeness (QED) is 0.411. The van der Waals surface area contributed by atoms with Crippen LogP contribution in [0.5, 0.6) is 0 Å². The number of nitrogens with two attached hydrogens (primary N) is 1. The number of rotatable bonds is 6. The summed E-state index contributed by atoms with van der Waals surface area (Å²) in [6.45, 7) is 1.03. The van der Waals surface area contributed by atoms with E-state index in [2.05, 4.69) is 31.2 Å². The van der Waals surface area contributed by atoms with Crippen molar-refractivity contribution in [1.82, 2.24) is 29.9 Å². The Labute approximate surface area is 201 Å². The molecule has 5 rings (SSSR count). The highest BCUT2D eigenvalue weighted by Gasteiger charge is 2.31. The van der Waals surface area contributed by atoms with E-state index in [1.165, 1.54) is 0 Å². The Balaban J connectivity index is 1.38. The number of aromatic nitrogens is 6. The molecule has 1 aliphatic rings. The fourth-order valence-corrected chi connectivity index (χ4v) is 4.18. The van der Waals surface area contributed by atoms with Crippen molar-refractivity contribution >= 4 is 17.7 Å². The second-order valence-electron chi connectivity index (χ2n) is 8.20. The lowest BCUT2D eigenvalue weighted by Crippen LogP contribution is -2.36. The van der Waals surface area contributed by atoms with Gasteiger partial charge >= 0.3 is 5.97 Å². The number of anilines is 2. The van der Waals surface area contributed by atoms with Crippen LogP contribution < -0.4 is 10.6 Å². The molecule has 0 amide bonds. The molecule has 0 aliphatic carbocycles. The number of pyridine rings is 1. The van der Waals surface area contributed by atoms with E-state index in [4.69, 9.17) is 12.2 Å². The normalized spacial score (nSPS) is 15.2. The number of carbonyl (C=O) groups is 1. The van der Waals surface area contributed by atoms with Crippen molar-refractivity contribution in [3.8, 4) is 35.0 Å². The zero-order valence-corrected chi connectivity index (χ0v) is 18.7. The number of benzene rings is 1. The zero-order valence-electron chi connectivity index (χ0n) is 18.7. The first-order valence-electron chi connectivity index (χ1n) is 11.1. The van der Waals surface area contributed by atoms with Crippen LogP contribution in [0.25, 0.3) is 22.6 Å². The number of terminal acetylenes is 1. The van der Waals surface area contributed by atoms with Gasteiger partial charge in [-0.3, -0.25) is 0 Å². The summed E-state index contributed by atoms with van der Waals surface area (Å²) in [6.07, 6.45) is 8.72. The predicted molar refractivity (Wildman–Crippen MR) is 130 cm³/mol. The van der Waals surface area contributed by atoms with E-state index in [0.717, 1.165) is 23.2 Å². The van der Waals surface area contributed by atoms with Gasteiger partial charge in [0.15, 0.2) is 0 Å². The summed E-state index contributed by atoms with van der Waals surface area (Å²) in [6, 6.07) is 14.3. The topological polar surface area (TPSA) is 136 Å². The molecule has 35 heavy (non-hydrogen) atoms. The van der Waals surface area contributed by atoms with E-state index >= 15 is 0 Å². The van der Waals surface area contributed by atoms with Crippen LogP contribution in [0.2, 0.25) is 0 Å². The van der Waals surface area contributed by atoms with Gasteiger partial charge in [-0.05, 0) is 43.2 Å². The first-order valence-corrected chi connectivity index (χ1v) is 11.1. The number of hydrogen-bond acceptors (Lipinski definition) is 8. The first kappa shape index (κ1) is 22.0. The zero-order chi connectivity index (χ0) is 24.4. The molecule has 0 unspecified atom stereocenters. The second kappa shape index (κ2) is 9.23. The predicted octanol–water partition coefficient (Wildman–Crippen LogP) is 2.46. The Morgan fingerprint density at radius 3 is 2.77 bits per heavy atom. The molecule has 0 radical (unpaired) electrons. The van der Waals surface area contributed by atoms with Gasteiger partial charge in [0.2, 0.25) is 5.95 Å². The molecule has 1 aromatic carbocycles.